The first-order valence-electron chi connectivity index (χ1n) is 5.49. The Bertz CT molecular complexity index is 392. The summed E-state index contributed by atoms with van der Waals surface area (Å²) in [6.07, 6.45) is -0.234. The second kappa shape index (κ2) is 4.52. The topological polar surface area (TPSA) is 42.1 Å². The Balaban J connectivity index is 2.21. The van der Waals surface area contributed by atoms with Crippen molar-refractivity contribution in [2.75, 3.05) is 18.0 Å². The van der Waals surface area contributed by atoms with Crippen molar-refractivity contribution in [3.8, 4) is 0 Å². The van der Waals surface area contributed by atoms with Crippen molar-refractivity contribution in [1.29, 1.82) is 0 Å². The molecular weight excluding hydrogens is 231 g/mol. The van der Waals surface area contributed by atoms with Crippen molar-refractivity contribution in [2.45, 2.75) is 25.1 Å². The van der Waals surface area contributed by atoms with Crippen molar-refractivity contribution in [3.05, 3.63) is 24.0 Å². The lowest BCUT2D eigenvalue weighted by molar-refractivity contribution is -0.137. The van der Waals surface area contributed by atoms with Gasteiger partial charge in [-0.2, -0.15) is 13.2 Å². The number of halogens is 3. The maximum Gasteiger partial charge on any atom is 0.417 e. The van der Waals surface area contributed by atoms with Gasteiger partial charge in [0.1, 0.15) is 0 Å². The molecule has 0 radical (unpaired) electrons. The molecule has 2 N–H and O–H groups in total. The number of anilines is 1. The number of piperidine rings is 1. The fraction of sp³-hybridized carbons (Fsp3) is 0.545. The summed E-state index contributed by atoms with van der Waals surface area (Å²) in [5.41, 5.74) is 5.58. The first-order valence-corrected chi connectivity index (χ1v) is 5.49. The highest BCUT2D eigenvalue weighted by Crippen LogP contribution is 2.31. The number of aromatic nitrogens is 1. The summed E-state index contributed by atoms with van der Waals surface area (Å²) in [5.74, 6) is 0. The second-order valence-corrected chi connectivity index (χ2v) is 4.28. The average molecular weight is 245 g/mol. The third-order valence-corrected chi connectivity index (χ3v) is 2.87. The number of alkyl halides is 3. The molecule has 1 aromatic rings. The maximum absolute atomic E-state index is 12.5. The van der Waals surface area contributed by atoms with Gasteiger partial charge in [-0.3, -0.25) is 4.98 Å². The number of nitrogens with two attached hydrogens (primary N) is 1. The molecule has 2 rings (SSSR count). The van der Waals surface area contributed by atoms with Gasteiger partial charge in [0.05, 0.1) is 17.4 Å². The van der Waals surface area contributed by atoms with Crippen molar-refractivity contribution in [1.82, 2.24) is 4.98 Å². The highest BCUT2D eigenvalue weighted by atomic mass is 19.4. The Kier molecular flexibility index (Phi) is 3.24. The summed E-state index contributed by atoms with van der Waals surface area (Å²) in [6, 6.07) is 1.16. The normalized spacial score (nSPS) is 21.6. The van der Waals surface area contributed by atoms with Gasteiger partial charge in [-0.25, -0.2) is 0 Å². The van der Waals surface area contributed by atoms with Crippen LogP contribution < -0.4 is 10.6 Å². The molecular formula is C11H14F3N3. The molecule has 3 nitrogen and oxygen atoms in total. The molecule has 0 saturated carbocycles. The van der Waals surface area contributed by atoms with E-state index in [-0.39, 0.29) is 6.04 Å². The lowest BCUT2D eigenvalue weighted by Crippen LogP contribution is -2.42. The third kappa shape index (κ3) is 2.88. The van der Waals surface area contributed by atoms with Gasteiger partial charge < -0.3 is 10.6 Å². The highest BCUT2D eigenvalue weighted by Gasteiger charge is 2.31. The van der Waals surface area contributed by atoms with Gasteiger partial charge in [-0.15, -0.1) is 0 Å². The van der Waals surface area contributed by atoms with Gasteiger partial charge in [0, 0.05) is 25.3 Å². The SMILES string of the molecule is NC1CCCN(c2cncc(C(F)(F)F)c2)C1. The summed E-state index contributed by atoms with van der Waals surface area (Å²) in [4.78, 5) is 5.51. The van der Waals surface area contributed by atoms with Crippen LogP contribution in [0.1, 0.15) is 18.4 Å². The lowest BCUT2D eigenvalue weighted by atomic mass is 10.1. The minimum atomic E-state index is -4.35. The van der Waals surface area contributed by atoms with E-state index in [1.165, 1.54) is 6.20 Å². The largest absolute Gasteiger partial charge is 0.417 e. The van der Waals surface area contributed by atoms with Gasteiger partial charge in [-0.1, -0.05) is 0 Å². The second-order valence-electron chi connectivity index (χ2n) is 4.28. The molecule has 0 bridgehead atoms. The Morgan fingerprint density at radius 2 is 2.12 bits per heavy atom. The van der Waals surface area contributed by atoms with Crippen LogP contribution in [0.4, 0.5) is 18.9 Å². The molecule has 0 amide bonds. The van der Waals surface area contributed by atoms with Crippen molar-refractivity contribution >= 4 is 5.69 Å². The maximum atomic E-state index is 12.5. The van der Waals surface area contributed by atoms with Crippen LogP contribution in [0, 0.1) is 0 Å². The van der Waals surface area contributed by atoms with Crippen LogP contribution in [0.3, 0.4) is 0 Å². The molecule has 1 aliphatic heterocycles. The Labute approximate surface area is 97.4 Å². The summed E-state index contributed by atoms with van der Waals surface area (Å²) >= 11 is 0. The van der Waals surface area contributed by atoms with Gasteiger partial charge >= 0.3 is 6.18 Å². The summed E-state index contributed by atoms with van der Waals surface area (Å²) in [6.45, 7) is 1.32. The molecule has 6 heteroatoms. The molecule has 0 spiro atoms. The molecule has 1 fully saturated rings. The molecule has 1 atom stereocenters. The highest BCUT2D eigenvalue weighted by molar-refractivity contribution is 5.47. The van der Waals surface area contributed by atoms with Crippen molar-refractivity contribution < 1.29 is 13.2 Å². The van der Waals surface area contributed by atoms with Gasteiger partial charge in [-0.05, 0) is 18.9 Å². The van der Waals surface area contributed by atoms with E-state index in [2.05, 4.69) is 4.98 Å². The summed E-state index contributed by atoms with van der Waals surface area (Å²) < 4.78 is 37.6. The van der Waals surface area contributed by atoms with E-state index in [1.807, 2.05) is 4.90 Å². The third-order valence-electron chi connectivity index (χ3n) is 2.87. The Hall–Kier alpha value is -1.30. The van der Waals surface area contributed by atoms with Crippen LogP contribution in [-0.4, -0.2) is 24.1 Å². The monoisotopic (exact) mass is 245 g/mol. The average Bonchev–Trinajstić information content (AvgIpc) is 2.28. The van der Waals surface area contributed by atoms with E-state index >= 15 is 0 Å². The zero-order valence-electron chi connectivity index (χ0n) is 9.24. The van der Waals surface area contributed by atoms with Crippen LogP contribution in [0.5, 0.6) is 0 Å². The van der Waals surface area contributed by atoms with Gasteiger partial charge in [0.15, 0.2) is 0 Å². The van der Waals surface area contributed by atoms with Crippen LogP contribution >= 0.6 is 0 Å². The zero-order chi connectivity index (χ0) is 12.5. The molecule has 0 aliphatic carbocycles. The molecule has 1 unspecified atom stereocenters. The van der Waals surface area contributed by atoms with E-state index in [1.54, 1.807) is 0 Å². The smallest absolute Gasteiger partial charge is 0.369 e. The van der Waals surface area contributed by atoms with E-state index in [0.29, 0.717) is 12.2 Å². The quantitative estimate of drug-likeness (QED) is 0.823. The lowest BCUT2D eigenvalue weighted by Gasteiger charge is -2.32. The minimum Gasteiger partial charge on any atom is -0.369 e. The first kappa shape index (κ1) is 12.2. The van der Waals surface area contributed by atoms with Gasteiger partial charge in [0.25, 0.3) is 0 Å². The summed E-state index contributed by atoms with van der Waals surface area (Å²) in [7, 11) is 0. The van der Waals surface area contributed by atoms with Crippen molar-refractivity contribution in [2.24, 2.45) is 5.73 Å². The van der Waals surface area contributed by atoms with Crippen LogP contribution in [0.2, 0.25) is 0 Å². The Morgan fingerprint density at radius 3 is 2.76 bits per heavy atom. The molecule has 1 aliphatic rings. The first-order chi connectivity index (χ1) is 7.97. The van der Waals surface area contributed by atoms with Gasteiger partial charge in [0.2, 0.25) is 0 Å². The zero-order valence-corrected chi connectivity index (χ0v) is 9.24. The molecule has 17 heavy (non-hydrogen) atoms. The number of hydrogen-bond acceptors (Lipinski definition) is 3. The van der Waals surface area contributed by atoms with E-state index < -0.39 is 11.7 Å². The number of hydrogen-bond donors (Lipinski definition) is 1. The number of pyridine rings is 1. The van der Waals surface area contributed by atoms with E-state index in [4.69, 9.17) is 5.73 Å². The molecule has 0 aromatic carbocycles. The van der Waals surface area contributed by atoms with Crippen LogP contribution in [-0.2, 0) is 6.18 Å². The molecule has 94 valence electrons. The molecule has 1 saturated heterocycles. The fourth-order valence-corrected chi connectivity index (χ4v) is 2.00. The van der Waals surface area contributed by atoms with E-state index in [0.717, 1.165) is 31.6 Å². The number of rotatable bonds is 1. The predicted molar refractivity (Wildman–Crippen MR) is 58.7 cm³/mol. The van der Waals surface area contributed by atoms with Crippen LogP contribution in [0.25, 0.3) is 0 Å². The molecule has 2 heterocycles. The standard InChI is InChI=1S/C11H14F3N3/c12-11(13,14)8-4-10(6-16-5-8)17-3-1-2-9(15)7-17/h4-6,9H,1-3,7,15H2. The number of nitrogens with zero attached hydrogens (tertiary/aromatic N) is 2. The Morgan fingerprint density at radius 1 is 1.35 bits per heavy atom. The predicted octanol–water partition coefficient (Wildman–Crippen LogP) is 2.03. The van der Waals surface area contributed by atoms with Crippen molar-refractivity contribution in [3.63, 3.8) is 0 Å². The van der Waals surface area contributed by atoms with Crippen LogP contribution in [0.15, 0.2) is 18.5 Å². The van der Waals surface area contributed by atoms with E-state index in [9.17, 15) is 13.2 Å². The fourth-order valence-electron chi connectivity index (χ4n) is 2.00. The summed E-state index contributed by atoms with van der Waals surface area (Å²) in [5, 5.41) is 0. The minimum absolute atomic E-state index is 0.0262. The molecule has 1 aromatic heterocycles.